The smallest absolute Gasteiger partial charge is 0.350 e. The molecule has 78 valence electrons. The second-order valence-electron chi connectivity index (χ2n) is 2.78. The van der Waals surface area contributed by atoms with Gasteiger partial charge in [-0.15, -0.1) is 11.3 Å². The van der Waals surface area contributed by atoms with Crippen molar-refractivity contribution in [1.29, 1.82) is 0 Å². The molecular weight excluding hydrogens is 200 g/mol. The molecule has 0 saturated heterocycles. The number of rotatable bonds is 4. The average molecular weight is 214 g/mol. The molecular formula is C9H14N2O2S. The summed E-state index contributed by atoms with van der Waals surface area (Å²) >= 11 is 1.37. The summed E-state index contributed by atoms with van der Waals surface area (Å²) in [6.07, 6.45) is 0.713. The van der Waals surface area contributed by atoms with Crippen molar-refractivity contribution in [3.63, 3.8) is 0 Å². The number of aromatic nitrogens is 1. The van der Waals surface area contributed by atoms with E-state index in [1.54, 1.807) is 6.92 Å². The molecule has 1 aromatic rings. The van der Waals surface area contributed by atoms with Crippen molar-refractivity contribution >= 4 is 17.3 Å². The van der Waals surface area contributed by atoms with Gasteiger partial charge in [-0.2, -0.15) is 0 Å². The molecule has 0 radical (unpaired) electrons. The fraction of sp³-hybridized carbons (Fsp3) is 0.556. The van der Waals surface area contributed by atoms with E-state index in [0.29, 0.717) is 24.4 Å². The summed E-state index contributed by atoms with van der Waals surface area (Å²) in [7, 11) is 0. The van der Waals surface area contributed by atoms with Crippen molar-refractivity contribution in [2.24, 2.45) is 5.73 Å². The minimum Gasteiger partial charge on any atom is -0.462 e. The number of hydrogen-bond donors (Lipinski definition) is 1. The fourth-order valence-electron chi connectivity index (χ4n) is 1.07. The van der Waals surface area contributed by atoms with Crippen molar-refractivity contribution < 1.29 is 9.53 Å². The number of carbonyl (C=O) groups excluding carboxylic acids is 1. The quantitative estimate of drug-likeness (QED) is 0.763. The van der Waals surface area contributed by atoms with Gasteiger partial charge in [0.1, 0.15) is 4.88 Å². The van der Waals surface area contributed by atoms with E-state index < -0.39 is 0 Å². The van der Waals surface area contributed by atoms with Gasteiger partial charge in [0, 0.05) is 6.42 Å². The lowest BCUT2D eigenvalue weighted by Crippen LogP contribution is -2.03. The summed E-state index contributed by atoms with van der Waals surface area (Å²) in [6.45, 7) is 4.54. The second kappa shape index (κ2) is 5.07. The standard InChI is InChI=1S/C9H14N2O2S/c1-3-13-9(12)8-6(2)11-7(14-8)4-5-10/h3-5,10H2,1-2H3. The van der Waals surface area contributed by atoms with Crippen LogP contribution in [0.3, 0.4) is 0 Å². The third-order valence-corrected chi connectivity index (χ3v) is 2.86. The Balaban J connectivity index is 2.81. The molecule has 1 heterocycles. The highest BCUT2D eigenvalue weighted by Gasteiger charge is 2.15. The van der Waals surface area contributed by atoms with Gasteiger partial charge < -0.3 is 10.5 Å². The van der Waals surface area contributed by atoms with E-state index in [2.05, 4.69) is 4.98 Å². The Morgan fingerprint density at radius 3 is 2.93 bits per heavy atom. The highest BCUT2D eigenvalue weighted by molar-refractivity contribution is 7.13. The highest BCUT2D eigenvalue weighted by atomic mass is 32.1. The Hall–Kier alpha value is -0.940. The van der Waals surface area contributed by atoms with E-state index in [4.69, 9.17) is 10.5 Å². The molecule has 0 amide bonds. The van der Waals surface area contributed by atoms with Gasteiger partial charge in [-0.05, 0) is 20.4 Å². The average Bonchev–Trinajstić information content (AvgIpc) is 2.48. The van der Waals surface area contributed by atoms with Gasteiger partial charge in [0.15, 0.2) is 0 Å². The Labute approximate surface area is 87.1 Å². The van der Waals surface area contributed by atoms with Crippen molar-refractivity contribution in [3.8, 4) is 0 Å². The molecule has 0 unspecified atom stereocenters. The van der Waals surface area contributed by atoms with Crippen LogP contribution in [0.25, 0.3) is 0 Å². The van der Waals surface area contributed by atoms with Crippen LogP contribution in [-0.2, 0) is 11.2 Å². The van der Waals surface area contributed by atoms with Crippen LogP contribution in [0.4, 0.5) is 0 Å². The summed E-state index contributed by atoms with van der Waals surface area (Å²) in [6, 6.07) is 0. The highest BCUT2D eigenvalue weighted by Crippen LogP contribution is 2.19. The molecule has 0 aliphatic rings. The summed E-state index contributed by atoms with van der Waals surface area (Å²) in [4.78, 5) is 16.2. The van der Waals surface area contributed by atoms with Crippen LogP contribution in [0.1, 0.15) is 27.3 Å². The molecule has 0 fully saturated rings. The monoisotopic (exact) mass is 214 g/mol. The maximum atomic E-state index is 11.4. The van der Waals surface area contributed by atoms with Gasteiger partial charge in [0.2, 0.25) is 0 Å². The minimum absolute atomic E-state index is 0.286. The lowest BCUT2D eigenvalue weighted by molar-refractivity contribution is 0.0531. The van der Waals surface area contributed by atoms with Crippen LogP contribution in [0.2, 0.25) is 0 Å². The molecule has 0 aliphatic heterocycles. The van der Waals surface area contributed by atoms with Gasteiger partial charge in [0.05, 0.1) is 17.3 Å². The minimum atomic E-state index is -0.286. The molecule has 4 nitrogen and oxygen atoms in total. The predicted octanol–water partition coefficient (Wildman–Crippen LogP) is 1.13. The zero-order valence-corrected chi connectivity index (χ0v) is 9.19. The van der Waals surface area contributed by atoms with E-state index in [-0.39, 0.29) is 5.97 Å². The number of nitrogens with two attached hydrogens (primary N) is 1. The predicted molar refractivity (Wildman–Crippen MR) is 55.6 cm³/mol. The van der Waals surface area contributed by atoms with Crippen molar-refractivity contribution in [2.45, 2.75) is 20.3 Å². The van der Waals surface area contributed by atoms with E-state index in [1.165, 1.54) is 11.3 Å². The molecule has 0 spiro atoms. The van der Waals surface area contributed by atoms with E-state index in [1.807, 2.05) is 6.92 Å². The van der Waals surface area contributed by atoms with Crippen LogP contribution in [-0.4, -0.2) is 24.1 Å². The lowest BCUT2D eigenvalue weighted by atomic mass is 10.4. The fourth-order valence-corrected chi connectivity index (χ4v) is 2.04. The molecule has 2 N–H and O–H groups in total. The van der Waals surface area contributed by atoms with Crippen LogP contribution >= 0.6 is 11.3 Å². The maximum Gasteiger partial charge on any atom is 0.350 e. The third-order valence-electron chi connectivity index (χ3n) is 1.66. The lowest BCUT2D eigenvalue weighted by Gasteiger charge is -1.97. The van der Waals surface area contributed by atoms with Crippen LogP contribution < -0.4 is 5.73 Å². The zero-order chi connectivity index (χ0) is 10.6. The first-order chi connectivity index (χ1) is 6.69. The number of nitrogens with zero attached hydrogens (tertiary/aromatic N) is 1. The molecule has 0 aliphatic carbocycles. The van der Waals surface area contributed by atoms with Crippen molar-refractivity contribution in [3.05, 3.63) is 15.6 Å². The SMILES string of the molecule is CCOC(=O)c1sc(CCN)nc1C. The number of esters is 1. The Bertz CT molecular complexity index is 323. The van der Waals surface area contributed by atoms with E-state index in [9.17, 15) is 4.79 Å². The number of carbonyl (C=O) groups is 1. The summed E-state index contributed by atoms with van der Waals surface area (Å²) in [5.74, 6) is -0.286. The second-order valence-corrected chi connectivity index (χ2v) is 3.86. The molecule has 0 aromatic carbocycles. The molecule has 5 heteroatoms. The molecule has 14 heavy (non-hydrogen) atoms. The van der Waals surface area contributed by atoms with Gasteiger partial charge in [-0.1, -0.05) is 0 Å². The van der Waals surface area contributed by atoms with E-state index in [0.717, 1.165) is 10.7 Å². The topological polar surface area (TPSA) is 65.2 Å². The van der Waals surface area contributed by atoms with Crippen molar-refractivity contribution in [1.82, 2.24) is 4.98 Å². The number of hydrogen-bond acceptors (Lipinski definition) is 5. The summed E-state index contributed by atoms with van der Waals surface area (Å²) in [5, 5.41) is 0.896. The van der Waals surface area contributed by atoms with Gasteiger partial charge in [0.25, 0.3) is 0 Å². The number of aryl methyl sites for hydroxylation is 1. The maximum absolute atomic E-state index is 11.4. The van der Waals surface area contributed by atoms with Crippen molar-refractivity contribution in [2.75, 3.05) is 13.2 Å². The first-order valence-corrected chi connectivity index (χ1v) is 5.34. The largest absolute Gasteiger partial charge is 0.462 e. The summed E-state index contributed by atoms with van der Waals surface area (Å²) < 4.78 is 4.90. The summed E-state index contributed by atoms with van der Waals surface area (Å²) in [5.41, 5.74) is 6.14. The first-order valence-electron chi connectivity index (χ1n) is 4.52. The Morgan fingerprint density at radius 1 is 1.64 bits per heavy atom. The van der Waals surface area contributed by atoms with Crippen LogP contribution in [0.15, 0.2) is 0 Å². The Kier molecular flexibility index (Phi) is 4.03. The molecule has 0 atom stereocenters. The molecule has 0 saturated carbocycles. The molecule has 1 rings (SSSR count). The number of ether oxygens (including phenoxy) is 1. The van der Waals surface area contributed by atoms with Gasteiger partial charge in [-0.3, -0.25) is 0 Å². The van der Waals surface area contributed by atoms with E-state index >= 15 is 0 Å². The Morgan fingerprint density at radius 2 is 2.36 bits per heavy atom. The molecule has 0 bridgehead atoms. The first kappa shape index (κ1) is 11.1. The number of thiazole rings is 1. The van der Waals surface area contributed by atoms with Crippen LogP contribution in [0.5, 0.6) is 0 Å². The molecule has 1 aromatic heterocycles. The third kappa shape index (κ3) is 2.52. The van der Waals surface area contributed by atoms with Gasteiger partial charge in [-0.25, -0.2) is 9.78 Å². The van der Waals surface area contributed by atoms with Crippen LogP contribution in [0, 0.1) is 6.92 Å². The zero-order valence-electron chi connectivity index (χ0n) is 8.37. The van der Waals surface area contributed by atoms with Gasteiger partial charge >= 0.3 is 5.97 Å². The normalized spacial score (nSPS) is 10.2.